The minimum atomic E-state index is -0.862. The second-order valence-corrected chi connectivity index (χ2v) is 11.4. The molecule has 2 heterocycles. The summed E-state index contributed by atoms with van der Waals surface area (Å²) in [5.74, 6) is -1.43. The van der Waals surface area contributed by atoms with Crippen LogP contribution in [-0.4, -0.2) is 20.3 Å². The van der Waals surface area contributed by atoms with E-state index in [1.807, 2.05) is 72.7 Å². The van der Waals surface area contributed by atoms with E-state index >= 15 is 0 Å². The third-order valence-corrected chi connectivity index (χ3v) is 9.25. The molecule has 0 spiro atoms. The molecule has 4 nitrogen and oxygen atoms in total. The molecule has 0 saturated carbocycles. The number of ketones is 1. The molecule has 0 fully saturated rings. The second kappa shape index (κ2) is 13.0. The summed E-state index contributed by atoms with van der Waals surface area (Å²) in [6.07, 6.45) is 8.17. The van der Waals surface area contributed by atoms with Crippen LogP contribution in [0.4, 0.5) is 8.78 Å². The van der Waals surface area contributed by atoms with Gasteiger partial charge in [-0.3, -0.25) is 9.78 Å². The summed E-state index contributed by atoms with van der Waals surface area (Å²) in [6.45, 7) is 14.1. The Morgan fingerprint density at radius 1 is 0.976 bits per heavy atom. The first-order chi connectivity index (χ1) is 19.4. The molecule has 1 N–H and O–H groups in total. The Kier molecular flexibility index (Phi) is 10.3. The second-order valence-electron chi connectivity index (χ2n) is 11.4. The van der Waals surface area contributed by atoms with Gasteiger partial charge in [-0.2, -0.15) is 0 Å². The Balaban J connectivity index is 0.000000242. The Labute approximate surface area is 260 Å². The molecule has 0 aliphatic rings. The maximum Gasteiger partial charge on any atom is 0.164 e. The quantitative estimate of drug-likeness (QED) is 0.0593. The first kappa shape index (κ1) is 33.4. The Morgan fingerprint density at radius 2 is 1.57 bits per heavy atom. The number of hydrogen-bond acceptors (Lipinski definition) is 3. The van der Waals surface area contributed by atoms with Gasteiger partial charge in [0.2, 0.25) is 0 Å². The molecule has 0 bridgehead atoms. The van der Waals surface area contributed by atoms with Crippen molar-refractivity contribution in [1.82, 2.24) is 9.38 Å². The van der Waals surface area contributed by atoms with Crippen LogP contribution in [0, 0.1) is 35.5 Å². The molecular formula is C35H39F2IrN2O2-. The van der Waals surface area contributed by atoms with Crippen LogP contribution >= 0.6 is 0 Å². The minimum Gasteiger partial charge on any atom is -0.512 e. The zero-order chi connectivity index (χ0) is 30.1. The van der Waals surface area contributed by atoms with Gasteiger partial charge in [-0.05, 0) is 37.1 Å². The van der Waals surface area contributed by atoms with E-state index in [2.05, 4.69) is 11.1 Å². The van der Waals surface area contributed by atoms with Gasteiger partial charge in [0.25, 0.3) is 0 Å². The fourth-order valence-electron chi connectivity index (χ4n) is 5.24. The van der Waals surface area contributed by atoms with E-state index in [1.54, 1.807) is 16.8 Å². The van der Waals surface area contributed by atoms with E-state index in [-0.39, 0.29) is 42.5 Å². The van der Waals surface area contributed by atoms with Crippen LogP contribution in [-0.2, 0) is 24.9 Å². The van der Waals surface area contributed by atoms with Crippen LogP contribution < -0.4 is 0 Å². The average Bonchev–Trinajstić information content (AvgIpc) is 3.48. The molecule has 42 heavy (non-hydrogen) atoms. The Bertz CT molecular complexity index is 1780. The predicted octanol–water partition coefficient (Wildman–Crippen LogP) is 9.83. The average molecular weight is 750 g/mol. The number of imidazole rings is 1. The van der Waals surface area contributed by atoms with Gasteiger partial charge in [-0.15, -0.1) is 23.1 Å². The predicted molar refractivity (Wildman–Crippen MR) is 164 cm³/mol. The number of carbonyl (C=O) groups is 1. The van der Waals surface area contributed by atoms with Crippen molar-refractivity contribution < 1.29 is 38.8 Å². The summed E-state index contributed by atoms with van der Waals surface area (Å²) < 4.78 is 29.5. The van der Waals surface area contributed by atoms with Crippen LogP contribution in [0.15, 0.2) is 60.6 Å². The van der Waals surface area contributed by atoms with Crippen LogP contribution in [0.2, 0.25) is 0 Å². The van der Waals surface area contributed by atoms with Crippen molar-refractivity contribution in [3.8, 4) is 0 Å². The molecule has 1 radical (unpaired) electrons. The van der Waals surface area contributed by atoms with Crippen LogP contribution in [0.5, 0.6) is 0 Å². The molecule has 0 unspecified atom stereocenters. The summed E-state index contributed by atoms with van der Waals surface area (Å²) >= 11 is 0. The number of pyridine rings is 1. The van der Waals surface area contributed by atoms with Gasteiger partial charge in [-0.25, -0.2) is 8.78 Å². The van der Waals surface area contributed by atoms with Gasteiger partial charge in [0, 0.05) is 61.0 Å². The third-order valence-electron chi connectivity index (χ3n) is 9.25. The Hall–Kier alpha value is -3.15. The fourth-order valence-corrected chi connectivity index (χ4v) is 5.24. The van der Waals surface area contributed by atoms with Gasteiger partial charge in [0.1, 0.15) is 5.76 Å². The molecule has 5 aromatic rings. The van der Waals surface area contributed by atoms with E-state index < -0.39 is 11.6 Å². The van der Waals surface area contributed by atoms with Crippen molar-refractivity contribution in [3.05, 3.63) is 83.9 Å². The standard InChI is InChI=1S/C20H11F2N2.C15H28O2.Ir/c1-11-13-5-3-2-4-12(13)8-15-19(11)14-9-16(21)17(22)10-18(14)24-7-6-23-20(15)24;1-7-14(5,8-2)12(16)11-13(17)15(6,9-3)10-4;/h2-7,9-10H,1H3;11,16H,7-10H2,1-6H3;/q-1;;/b;12-11-;. The number of allylic oxidation sites excluding steroid dienone is 2. The number of aliphatic hydroxyl groups excluding tert-OH is 1. The van der Waals surface area contributed by atoms with Crippen molar-refractivity contribution in [2.45, 2.75) is 74.1 Å². The molecule has 0 saturated heterocycles. The first-order valence-electron chi connectivity index (χ1n) is 14.4. The molecule has 0 atom stereocenters. The molecule has 5 rings (SSSR count). The topological polar surface area (TPSA) is 54.6 Å². The molecule has 0 amide bonds. The molecule has 0 aliphatic heterocycles. The smallest absolute Gasteiger partial charge is 0.164 e. The van der Waals surface area contributed by atoms with Crippen molar-refractivity contribution in [1.29, 1.82) is 0 Å². The number of aromatic nitrogens is 2. The van der Waals surface area contributed by atoms with Gasteiger partial charge < -0.3 is 9.51 Å². The largest absolute Gasteiger partial charge is 0.512 e. The number of fused-ring (bicyclic) bond motifs is 7. The van der Waals surface area contributed by atoms with Crippen LogP contribution in [0.25, 0.3) is 38.1 Å². The molecule has 3 aromatic carbocycles. The molecular weight excluding hydrogens is 711 g/mol. The number of carbonyl (C=O) groups excluding carboxylic acids is 1. The summed E-state index contributed by atoms with van der Waals surface area (Å²) in [5.41, 5.74) is 1.70. The van der Waals surface area contributed by atoms with E-state index in [4.69, 9.17) is 0 Å². The van der Waals surface area contributed by atoms with E-state index in [1.165, 1.54) is 18.2 Å². The number of benzene rings is 3. The van der Waals surface area contributed by atoms with Crippen LogP contribution in [0.3, 0.4) is 0 Å². The van der Waals surface area contributed by atoms with E-state index in [0.717, 1.165) is 52.8 Å². The van der Waals surface area contributed by atoms with Gasteiger partial charge in [-0.1, -0.05) is 82.8 Å². The van der Waals surface area contributed by atoms with Crippen LogP contribution in [0.1, 0.15) is 72.8 Å². The maximum absolute atomic E-state index is 13.9. The first-order valence-corrected chi connectivity index (χ1v) is 14.4. The van der Waals surface area contributed by atoms with Crippen molar-refractivity contribution in [2.24, 2.45) is 10.8 Å². The van der Waals surface area contributed by atoms with Gasteiger partial charge in [0.05, 0.1) is 5.65 Å². The zero-order valence-electron chi connectivity index (χ0n) is 25.4. The fraction of sp³-hybridized carbons (Fsp3) is 0.371. The number of hydrogen-bond donors (Lipinski definition) is 1. The SMILES string of the molecule is CCC(C)(CC)C(=O)/C=C(\O)C(C)(CC)CC.Cc1c2ccccc2[c-]c2c1c1cc(F)c(F)cc1n1ccnc21.[Ir]. The number of aliphatic hydroxyl groups is 1. The van der Waals surface area contributed by atoms with Crippen molar-refractivity contribution >= 4 is 43.9 Å². The van der Waals surface area contributed by atoms with Crippen molar-refractivity contribution in [2.75, 3.05) is 0 Å². The molecule has 225 valence electrons. The summed E-state index contributed by atoms with van der Waals surface area (Å²) in [6, 6.07) is 13.8. The number of halogens is 2. The van der Waals surface area contributed by atoms with Gasteiger partial charge in [0.15, 0.2) is 17.4 Å². The zero-order valence-corrected chi connectivity index (χ0v) is 27.8. The normalized spacial score (nSPS) is 12.5. The minimum absolute atomic E-state index is 0. The third kappa shape index (κ3) is 5.87. The van der Waals surface area contributed by atoms with E-state index in [0.29, 0.717) is 16.6 Å². The number of aryl methyl sites for hydroxylation is 1. The molecule has 7 heteroatoms. The Morgan fingerprint density at radius 3 is 2.19 bits per heavy atom. The van der Waals surface area contributed by atoms with Gasteiger partial charge >= 0.3 is 0 Å². The molecule has 0 aliphatic carbocycles. The summed E-state index contributed by atoms with van der Waals surface area (Å²) in [7, 11) is 0. The van der Waals surface area contributed by atoms with E-state index in [9.17, 15) is 18.7 Å². The maximum atomic E-state index is 13.9. The number of rotatable bonds is 7. The van der Waals surface area contributed by atoms with Crippen molar-refractivity contribution in [3.63, 3.8) is 0 Å². The monoisotopic (exact) mass is 750 g/mol. The summed E-state index contributed by atoms with van der Waals surface area (Å²) in [4.78, 5) is 16.6. The summed E-state index contributed by atoms with van der Waals surface area (Å²) in [5, 5.41) is 14.5. The number of nitrogens with zero attached hydrogens (tertiary/aromatic N) is 2. The molecule has 2 aromatic heterocycles.